The molecule has 0 spiro atoms. The predicted molar refractivity (Wildman–Crippen MR) is 77.5 cm³/mol. The van der Waals surface area contributed by atoms with Gasteiger partial charge >= 0.3 is 0 Å². The number of amides is 1. The zero-order valence-electron chi connectivity index (χ0n) is 11.2. The summed E-state index contributed by atoms with van der Waals surface area (Å²) in [5.74, 6) is -1.48. The van der Waals surface area contributed by atoms with Crippen LogP contribution in [0.3, 0.4) is 0 Å². The van der Waals surface area contributed by atoms with Gasteiger partial charge in [-0.25, -0.2) is 8.78 Å². The number of carbonyl (C=O) groups is 1. The molecule has 0 bridgehead atoms. The van der Waals surface area contributed by atoms with Gasteiger partial charge in [0.1, 0.15) is 11.6 Å². The third-order valence-corrected chi connectivity index (χ3v) is 4.58. The van der Waals surface area contributed by atoms with Crippen molar-refractivity contribution in [3.63, 3.8) is 0 Å². The molecule has 0 aliphatic carbocycles. The van der Waals surface area contributed by atoms with Gasteiger partial charge in [-0.05, 0) is 54.3 Å². The van der Waals surface area contributed by atoms with Gasteiger partial charge in [0.05, 0.1) is 15.6 Å². The summed E-state index contributed by atoms with van der Waals surface area (Å²) in [5, 5.41) is 5.74. The van der Waals surface area contributed by atoms with Crippen molar-refractivity contribution in [1.82, 2.24) is 5.32 Å². The van der Waals surface area contributed by atoms with Crippen LogP contribution in [0, 0.1) is 17.0 Å². The fraction of sp³-hybridized carbons (Fsp3) is 0.500. The zero-order chi connectivity index (χ0) is 14.8. The summed E-state index contributed by atoms with van der Waals surface area (Å²) >= 11 is 2.91. The molecule has 6 heteroatoms. The average molecular weight is 347 g/mol. The van der Waals surface area contributed by atoms with Crippen LogP contribution in [-0.4, -0.2) is 19.0 Å². The highest BCUT2D eigenvalue weighted by Crippen LogP contribution is 2.34. The van der Waals surface area contributed by atoms with Crippen molar-refractivity contribution in [3.8, 4) is 0 Å². The van der Waals surface area contributed by atoms with Gasteiger partial charge in [0.25, 0.3) is 0 Å². The highest BCUT2D eigenvalue weighted by atomic mass is 79.9. The topological polar surface area (TPSA) is 41.1 Å². The molecule has 2 rings (SSSR count). The summed E-state index contributed by atoms with van der Waals surface area (Å²) in [6.45, 7) is 3.47. The van der Waals surface area contributed by atoms with E-state index in [4.69, 9.17) is 0 Å². The summed E-state index contributed by atoms with van der Waals surface area (Å²) < 4.78 is 27.3. The molecule has 0 atom stereocenters. The fourth-order valence-corrected chi connectivity index (χ4v) is 2.84. The molecule has 1 heterocycles. The Morgan fingerprint density at radius 1 is 1.35 bits per heavy atom. The molecule has 1 aromatic carbocycles. The van der Waals surface area contributed by atoms with Crippen LogP contribution in [0.2, 0.25) is 0 Å². The quantitative estimate of drug-likeness (QED) is 0.823. The Kier molecular flexibility index (Phi) is 4.75. The standard InChI is InChI=1S/C14H17BrF2N2O/c1-2-14(3-5-18-6-4-14)13(20)19-12-8-10(16)9(15)7-11(12)17/h7-8,18H,2-6H2,1H3,(H,19,20). The van der Waals surface area contributed by atoms with E-state index in [-0.39, 0.29) is 16.1 Å². The normalized spacial score (nSPS) is 17.8. The minimum Gasteiger partial charge on any atom is -0.323 e. The lowest BCUT2D eigenvalue weighted by molar-refractivity contribution is -0.127. The van der Waals surface area contributed by atoms with Crippen molar-refractivity contribution in [2.45, 2.75) is 26.2 Å². The second-order valence-electron chi connectivity index (χ2n) is 5.08. The van der Waals surface area contributed by atoms with Gasteiger partial charge in [-0.2, -0.15) is 0 Å². The number of nitrogens with one attached hydrogen (secondary N) is 2. The van der Waals surface area contributed by atoms with Crippen LogP contribution >= 0.6 is 15.9 Å². The van der Waals surface area contributed by atoms with E-state index < -0.39 is 17.0 Å². The highest BCUT2D eigenvalue weighted by molar-refractivity contribution is 9.10. The SMILES string of the molecule is CCC1(C(=O)Nc2cc(F)c(Br)cc2F)CCNCC1. The molecule has 0 aromatic heterocycles. The van der Waals surface area contributed by atoms with Crippen molar-refractivity contribution < 1.29 is 13.6 Å². The monoisotopic (exact) mass is 346 g/mol. The summed E-state index contributed by atoms with van der Waals surface area (Å²) in [6.07, 6.45) is 2.09. The molecule has 1 fully saturated rings. The summed E-state index contributed by atoms with van der Waals surface area (Å²) in [5.41, 5.74) is -0.608. The van der Waals surface area contributed by atoms with Gasteiger partial charge in [0.2, 0.25) is 5.91 Å². The molecule has 0 radical (unpaired) electrons. The van der Waals surface area contributed by atoms with Gasteiger partial charge in [-0.1, -0.05) is 6.92 Å². The van der Waals surface area contributed by atoms with Crippen LogP contribution in [0.5, 0.6) is 0 Å². The van der Waals surface area contributed by atoms with Crippen LogP contribution < -0.4 is 10.6 Å². The third kappa shape index (κ3) is 3.01. The first kappa shape index (κ1) is 15.4. The van der Waals surface area contributed by atoms with Gasteiger partial charge in [0.15, 0.2) is 0 Å². The Hall–Kier alpha value is -1.01. The highest BCUT2D eigenvalue weighted by Gasteiger charge is 2.38. The second kappa shape index (κ2) is 6.18. The van der Waals surface area contributed by atoms with Crippen LogP contribution in [0.1, 0.15) is 26.2 Å². The Morgan fingerprint density at radius 3 is 2.60 bits per heavy atom. The number of hydrogen-bond acceptors (Lipinski definition) is 2. The molecule has 1 saturated heterocycles. The molecule has 3 nitrogen and oxygen atoms in total. The number of piperidine rings is 1. The van der Waals surface area contributed by atoms with Crippen LogP contribution in [0.4, 0.5) is 14.5 Å². The van der Waals surface area contributed by atoms with Crippen molar-refractivity contribution >= 4 is 27.5 Å². The maximum atomic E-state index is 13.8. The van der Waals surface area contributed by atoms with E-state index in [9.17, 15) is 13.6 Å². The number of rotatable bonds is 3. The summed E-state index contributed by atoms with van der Waals surface area (Å²) in [4.78, 5) is 12.4. The fourth-order valence-electron chi connectivity index (χ4n) is 2.52. The molecule has 0 unspecified atom stereocenters. The van der Waals surface area contributed by atoms with Crippen LogP contribution in [-0.2, 0) is 4.79 Å². The number of carbonyl (C=O) groups excluding carboxylic acids is 1. The van der Waals surface area contributed by atoms with Crippen molar-refractivity contribution in [1.29, 1.82) is 0 Å². The average Bonchev–Trinajstić information content (AvgIpc) is 2.45. The lowest BCUT2D eigenvalue weighted by Crippen LogP contribution is -2.44. The van der Waals surface area contributed by atoms with Gasteiger partial charge in [-0.3, -0.25) is 4.79 Å². The number of halogens is 3. The van der Waals surface area contributed by atoms with Gasteiger partial charge < -0.3 is 10.6 Å². The third-order valence-electron chi connectivity index (χ3n) is 3.98. The Bertz CT molecular complexity index is 516. The maximum Gasteiger partial charge on any atom is 0.230 e. The smallest absolute Gasteiger partial charge is 0.230 e. The molecule has 110 valence electrons. The lowest BCUT2D eigenvalue weighted by atomic mass is 9.76. The first-order chi connectivity index (χ1) is 9.48. The molecule has 1 amide bonds. The molecular weight excluding hydrogens is 330 g/mol. The lowest BCUT2D eigenvalue weighted by Gasteiger charge is -2.35. The maximum absolute atomic E-state index is 13.8. The molecule has 1 aliphatic rings. The van der Waals surface area contributed by atoms with E-state index >= 15 is 0 Å². The van der Waals surface area contributed by atoms with Crippen LogP contribution in [0.15, 0.2) is 16.6 Å². The minimum atomic E-state index is -0.646. The Labute approximate surface area is 125 Å². The van der Waals surface area contributed by atoms with Crippen LogP contribution in [0.25, 0.3) is 0 Å². The van der Waals surface area contributed by atoms with Crippen molar-refractivity contribution in [2.24, 2.45) is 5.41 Å². The van der Waals surface area contributed by atoms with E-state index in [0.717, 1.165) is 25.2 Å². The van der Waals surface area contributed by atoms with E-state index in [2.05, 4.69) is 26.6 Å². The molecule has 20 heavy (non-hydrogen) atoms. The molecular formula is C14H17BrF2N2O. The van der Waals surface area contributed by atoms with Gasteiger partial charge in [0, 0.05) is 6.07 Å². The second-order valence-corrected chi connectivity index (χ2v) is 5.94. The van der Waals surface area contributed by atoms with E-state index in [1.54, 1.807) is 0 Å². The summed E-state index contributed by atoms with van der Waals surface area (Å²) in [6, 6.07) is 2.02. The van der Waals surface area contributed by atoms with E-state index in [1.165, 1.54) is 0 Å². The molecule has 1 aliphatic heterocycles. The first-order valence-electron chi connectivity index (χ1n) is 6.65. The van der Waals surface area contributed by atoms with E-state index in [0.29, 0.717) is 19.3 Å². The van der Waals surface area contributed by atoms with Crippen molar-refractivity contribution in [2.75, 3.05) is 18.4 Å². The number of hydrogen-bond donors (Lipinski definition) is 2. The molecule has 2 N–H and O–H groups in total. The Morgan fingerprint density at radius 2 is 2.00 bits per heavy atom. The zero-order valence-corrected chi connectivity index (χ0v) is 12.8. The number of benzene rings is 1. The molecule has 0 saturated carbocycles. The summed E-state index contributed by atoms with van der Waals surface area (Å²) in [7, 11) is 0. The first-order valence-corrected chi connectivity index (χ1v) is 7.44. The van der Waals surface area contributed by atoms with E-state index in [1.807, 2.05) is 6.92 Å². The van der Waals surface area contributed by atoms with Gasteiger partial charge in [-0.15, -0.1) is 0 Å². The minimum absolute atomic E-state index is 0.0417. The number of anilines is 1. The van der Waals surface area contributed by atoms with Crippen molar-refractivity contribution in [3.05, 3.63) is 28.2 Å². The largest absolute Gasteiger partial charge is 0.323 e. The predicted octanol–water partition coefficient (Wildman–Crippen LogP) is 3.45. The molecule has 1 aromatic rings. The Balaban J connectivity index is 2.20.